The molecule has 7 nitrogen and oxygen atoms in total. The highest BCUT2D eigenvalue weighted by Gasteiger charge is 2.45. The minimum absolute atomic E-state index is 0.101. The van der Waals surface area contributed by atoms with E-state index in [9.17, 15) is 4.79 Å². The van der Waals surface area contributed by atoms with Crippen molar-refractivity contribution in [3.05, 3.63) is 23.8 Å². The lowest BCUT2D eigenvalue weighted by molar-refractivity contribution is -0.134. The van der Waals surface area contributed by atoms with Crippen LogP contribution in [0.5, 0.6) is 11.5 Å². The van der Waals surface area contributed by atoms with Crippen molar-refractivity contribution in [3.8, 4) is 11.5 Å². The van der Waals surface area contributed by atoms with Gasteiger partial charge in [-0.25, -0.2) is 0 Å². The molecule has 1 amide bonds. The Kier molecular flexibility index (Phi) is 5.67. The van der Waals surface area contributed by atoms with Crippen LogP contribution in [0.15, 0.2) is 23.2 Å². The molecule has 1 unspecified atom stereocenters. The van der Waals surface area contributed by atoms with Gasteiger partial charge in [0.25, 0.3) is 0 Å². The Morgan fingerprint density at radius 3 is 2.77 bits per heavy atom. The van der Waals surface area contributed by atoms with Gasteiger partial charge in [0.05, 0.1) is 6.54 Å². The number of rotatable bonds is 6. The van der Waals surface area contributed by atoms with Crippen molar-refractivity contribution in [3.63, 3.8) is 0 Å². The van der Waals surface area contributed by atoms with E-state index >= 15 is 0 Å². The Labute approximate surface area is 184 Å². The summed E-state index contributed by atoms with van der Waals surface area (Å²) in [6, 6.07) is 6.55. The molecular formula is C24H34N4O3. The molecule has 4 aliphatic rings. The fourth-order valence-electron chi connectivity index (χ4n) is 5.17. The average Bonchev–Trinajstić information content (AvgIpc) is 3.21. The maximum absolute atomic E-state index is 12.7. The number of carbonyl (C=O) groups excluding carboxylic acids is 1. The zero-order valence-corrected chi connectivity index (χ0v) is 18.5. The number of likely N-dealkylation sites (tertiary alicyclic amines) is 1. The smallest absolute Gasteiger partial charge is 0.231 e. The quantitative estimate of drug-likeness (QED) is 0.540. The maximum atomic E-state index is 12.7. The molecule has 31 heavy (non-hydrogen) atoms. The topological polar surface area (TPSA) is 75.2 Å². The van der Waals surface area contributed by atoms with Crippen LogP contribution in [-0.2, 0) is 10.2 Å². The largest absolute Gasteiger partial charge is 0.454 e. The van der Waals surface area contributed by atoms with Crippen molar-refractivity contribution < 1.29 is 14.3 Å². The Bertz CT molecular complexity index is 845. The molecule has 1 saturated heterocycles. The molecule has 2 N–H and O–H groups in total. The molecule has 2 heterocycles. The van der Waals surface area contributed by atoms with Crippen LogP contribution < -0.4 is 20.1 Å². The van der Waals surface area contributed by atoms with Crippen LogP contribution in [0.4, 0.5) is 0 Å². The molecule has 0 aromatic heterocycles. The number of nitrogens with one attached hydrogen (secondary N) is 2. The van der Waals surface area contributed by atoms with Gasteiger partial charge in [-0.3, -0.25) is 9.79 Å². The first-order valence-corrected chi connectivity index (χ1v) is 11.9. The van der Waals surface area contributed by atoms with Gasteiger partial charge in [0.2, 0.25) is 12.7 Å². The van der Waals surface area contributed by atoms with Gasteiger partial charge in [-0.15, -0.1) is 0 Å². The second-order valence-electron chi connectivity index (χ2n) is 9.44. The van der Waals surface area contributed by atoms with Gasteiger partial charge in [-0.05, 0) is 56.7 Å². The predicted octanol–water partition coefficient (Wildman–Crippen LogP) is 2.79. The molecule has 1 aromatic carbocycles. The Balaban J connectivity index is 1.20. The number of ether oxygens (including phenoxy) is 2. The summed E-state index contributed by atoms with van der Waals surface area (Å²) in [6.07, 6.45) is 7.81. The number of hydrogen-bond donors (Lipinski definition) is 2. The summed E-state index contributed by atoms with van der Waals surface area (Å²) in [4.78, 5) is 19.7. The van der Waals surface area contributed by atoms with Crippen molar-refractivity contribution in [1.82, 2.24) is 15.5 Å². The summed E-state index contributed by atoms with van der Waals surface area (Å²) >= 11 is 0. The minimum Gasteiger partial charge on any atom is -0.454 e. The van der Waals surface area contributed by atoms with Crippen LogP contribution in [0.3, 0.4) is 0 Å². The van der Waals surface area contributed by atoms with E-state index in [4.69, 9.17) is 14.5 Å². The highest BCUT2D eigenvalue weighted by atomic mass is 16.7. The summed E-state index contributed by atoms with van der Waals surface area (Å²) in [5.74, 6) is 3.15. The number of guanidine groups is 1. The molecule has 2 saturated carbocycles. The fourth-order valence-corrected chi connectivity index (χ4v) is 5.17. The summed E-state index contributed by atoms with van der Waals surface area (Å²) in [6.45, 7) is 5.60. The van der Waals surface area contributed by atoms with Gasteiger partial charge in [0.1, 0.15) is 0 Å². The van der Waals surface area contributed by atoms with E-state index in [1.165, 1.54) is 18.4 Å². The molecule has 2 aliphatic carbocycles. The number of amides is 1. The van der Waals surface area contributed by atoms with Crippen molar-refractivity contribution in [2.45, 2.75) is 63.3 Å². The normalized spacial score (nSPS) is 24.5. The molecule has 0 radical (unpaired) electrons. The highest BCUT2D eigenvalue weighted by Crippen LogP contribution is 2.50. The summed E-state index contributed by atoms with van der Waals surface area (Å²) in [5.41, 5.74) is 1.38. The average molecular weight is 427 g/mol. The van der Waals surface area contributed by atoms with E-state index in [0.717, 1.165) is 75.7 Å². The maximum Gasteiger partial charge on any atom is 0.231 e. The van der Waals surface area contributed by atoms with Crippen molar-refractivity contribution in [2.24, 2.45) is 10.9 Å². The zero-order chi connectivity index (χ0) is 21.3. The molecule has 0 spiro atoms. The first kappa shape index (κ1) is 20.5. The van der Waals surface area contributed by atoms with Gasteiger partial charge in [0.15, 0.2) is 17.5 Å². The monoisotopic (exact) mass is 426 g/mol. The molecule has 7 heteroatoms. The van der Waals surface area contributed by atoms with Gasteiger partial charge < -0.3 is 25.0 Å². The van der Waals surface area contributed by atoms with E-state index in [-0.39, 0.29) is 17.4 Å². The van der Waals surface area contributed by atoms with E-state index in [2.05, 4.69) is 34.6 Å². The molecule has 0 bridgehead atoms. The van der Waals surface area contributed by atoms with Gasteiger partial charge >= 0.3 is 0 Å². The molecule has 168 valence electrons. The standard InChI is InChI=1S/C24H34N4O3/c1-2-25-23(27-19-9-12-28(14-19)22(29)17-5-3-4-6-17)26-15-24(10-11-24)18-7-8-20-21(13-18)31-16-30-20/h7-8,13,17,19H,2-6,9-12,14-16H2,1H3,(H2,25,26,27). The van der Waals surface area contributed by atoms with Crippen LogP contribution in [0.2, 0.25) is 0 Å². The van der Waals surface area contributed by atoms with E-state index < -0.39 is 0 Å². The Morgan fingerprint density at radius 2 is 2.00 bits per heavy atom. The van der Waals surface area contributed by atoms with Crippen LogP contribution in [0.25, 0.3) is 0 Å². The molecule has 3 fully saturated rings. The van der Waals surface area contributed by atoms with Gasteiger partial charge in [0, 0.05) is 37.0 Å². The molecule has 2 aliphatic heterocycles. The first-order chi connectivity index (χ1) is 15.2. The highest BCUT2D eigenvalue weighted by molar-refractivity contribution is 5.81. The number of aliphatic imine (C=N–C) groups is 1. The van der Waals surface area contributed by atoms with Crippen molar-refractivity contribution in [2.75, 3.05) is 33.0 Å². The van der Waals surface area contributed by atoms with Crippen molar-refractivity contribution >= 4 is 11.9 Å². The molecule has 1 atom stereocenters. The number of carbonyl (C=O) groups is 1. The number of hydrogen-bond acceptors (Lipinski definition) is 4. The molecule has 1 aromatic rings. The fraction of sp³-hybridized carbons (Fsp3) is 0.667. The van der Waals surface area contributed by atoms with Gasteiger partial charge in [-0.1, -0.05) is 18.9 Å². The Morgan fingerprint density at radius 1 is 1.19 bits per heavy atom. The number of nitrogens with zero attached hydrogens (tertiary/aromatic N) is 2. The summed E-state index contributed by atoms with van der Waals surface area (Å²) in [5, 5.41) is 6.98. The van der Waals surface area contributed by atoms with Crippen LogP contribution >= 0.6 is 0 Å². The van der Waals surface area contributed by atoms with E-state index in [1.807, 2.05) is 6.07 Å². The van der Waals surface area contributed by atoms with Crippen molar-refractivity contribution in [1.29, 1.82) is 0 Å². The number of benzene rings is 1. The zero-order valence-electron chi connectivity index (χ0n) is 18.5. The van der Waals surface area contributed by atoms with Crippen LogP contribution in [0, 0.1) is 5.92 Å². The first-order valence-electron chi connectivity index (χ1n) is 11.9. The lowest BCUT2D eigenvalue weighted by Gasteiger charge is -2.22. The number of fused-ring (bicyclic) bond motifs is 1. The van der Waals surface area contributed by atoms with E-state index in [0.29, 0.717) is 12.7 Å². The second kappa shape index (κ2) is 8.60. The summed E-state index contributed by atoms with van der Waals surface area (Å²) < 4.78 is 11.0. The third kappa shape index (κ3) is 4.32. The lowest BCUT2D eigenvalue weighted by Crippen LogP contribution is -2.45. The second-order valence-corrected chi connectivity index (χ2v) is 9.44. The molecule has 5 rings (SSSR count). The lowest BCUT2D eigenvalue weighted by atomic mass is 9.96. The van der Waals surface area contributed by atoms with E-state index in [1.54, 1.807) is 0 Å². The van der Waals surface area contributed by atoms with Gasteiger partial charge in [-0.2, -0.15) is 0 Å². The van der Waals surface area contributed by atoms with Crippen LogP contribution in [0.1, 0.15) is 57.4 Å². The predicted molar refractivity (Wildman–Crippen MR) is 120 cm³/mol. The summed E-state index contributed by atoms with van der Waals surface area (Å²) in [7, 11) is 0. The minimum atomic E-state index is 0.101. The van der Waals surface area contributed by atoms with Crippen LogP contribution in [-0.4, -0.2) is 55.8 Å². The third-order valence-corrected chi connectivity index (χ3v) is 7.27. The SMILES string of the molecule is CCNC(=NCC1(c2ccc3c(c2)OCO3)CC1)NC1CCN(C(=O)C2CCCC2)C1. The third-order valence-electron chi connectivity index (χ3n) is 7.27. The Hall–Kier alpha value is -2.44. The molecular weight excluding hydrogens is 392 g/mol.